The van der Waals surface area contributed by atoms with Crippen LogP contribution in [-0.2, 0) is 10.0 Å². The Labute approximate surface area is 138 Å². The molecular weight excluding hydrogens is 310 g/mol. The summed E-state index contributed by atoms with van der Waals surface area (Å²) in [5, 5.41) is 0. The maximum absolute atomic E-state index is 12.3. The van der Waals surface area contributed by atoms with Gasteiger partial charge in [-0.25, -0.2) is 8.42 Å². The van der Waals surface area contributed by atoms with Gasteiger partial charge in [-0.2, -0.15) is 0 Å². The molecule has 0 aromatic heterocycles. The highest BCUT2D eigenvalue weighted by Crippen LogP contribution is 2.20. The Balaban J connectivity index is 1.98. The van der Waals surface area contributed by atoms with Gasteiger partial charge in [0.2, 0.25) is 0 Å². The molecule has 0 atom stereocenters. The lowest BCUT2D eigenvalue weighted by atomic mass is 10.2. The summed E-state index contributed by atoms with van der Waals surface area (Å²) in [6, 6.07) is 13.7. The molecule has 124 valence electrons. The van der Waals surface area contributed by atoms with Gasteiger partial charge in [0, 0.05) is 5.69 Å². The molecule has 0 fully saturated rings. The van der Waals surface area contributed by atoms with Crippen LogP contribution in [-0.4, -0.2) is 15.0 Å². The van der Waals surface area contributed by atoms with Crippen molar-refractivity contribution in [2.75, 3.05) is 11.3 Å². The molecule has 0 saturated carbocycles. The molecule has 0 bridgehead atoms. The van der Waals surface area contributed by atoms with Crippen molar-refractivity contribution in [3.8, 4) is 5.75 Å². The van der Waals surface area contributed by atoms with Gasteiger partial charge in [0.1, 0.15) is 5.75 Å². The Morgan fingerprint density at radius 3 is 2.22 bits per heavy atom. The monoisotopic (exact) mass is 333 g/mol. The van der Waals surface area contributed by atoms with Crippen LogP contribution in [0.3, 0.4) is 0 Å². The maximum Gasteiger partial charge on any atom is 0.261 e. The van der Waals surface area contributed by atoms with Crippen molar-refractivity contribution in [3.05, 3.63) is 54.1 Å². The molecule has 2 aromatic rings. The van der Waals surface area contributed by atoms with Crippen LogP contribution in [0.2, 0.25) is 0 Å². The molecule has 23 heavy (non-hydrogen) atoms. The second-order valence-electron chi connectivity index (χ2n) is 5.50. The predicted molar refractivity (Wildman–Crippen MR) is 93.4 cm³/mol. The summed E-state index contributed by atoms with van der Waals surface area (Å²) in [6.07, 6.45) is 3.33. The lowest BCUT2D eigenvalue weighted by Gasteiger charge is -2.10. The molecule has 0 aliphatic carbocycles. The molecule has 0 radical (unpaired) electrons. The van der Waals surface area contributed by atoms with Crippen LogP contribution in [0, 0.1) is 6.92 Å². The highest BCUT2D eigenvalue weighted by molar-refractivity contribution is 7.92. The van der Waals surface area contributed by atoms with E-state index in [1.165, 1.54) is 0 Å². The lowest BCUT2D eigenvalue weighted by molar-refractivity contribution is 0.306. The third kappa shape index (κ3) is 5.28. The highest BCUT2D eigenvalue weighted by atomic mass is 32.2. The van der Waals surface area contributed by atoms with E-state index in [4.69, 9.17) is 4.74 Å². The van der Waals surface area contributed by atoms with Crippen LogP contribution in [0.4, 0.5) is 5.69 Å². The first-order chi connectivity index (χ1) is 11.0. The van der Waals surface area contributed by atoms with E-state index in [9.17, 15) is 8.42 Å². The number of aryl methyl sites for hydroxylation is 1. The third-order valence-electron chi connectivity index (χ3n) is 3.45. The zero-order valence-corrected chi connectivity index (χ0v) is 14.4. The average molecular weight is 333 g/mol. The van der Waals surface area contributed by atoms with Crippen LogP contribution in [0.1, 0.15) is 31.7 Å². The van der Waals surface area contributed by atoms with Gasteiger partial charge in [-0.1, -0.05) is 37.5 Å². The van der Waals surface area contributed by atoms with Gasteiger partial charge in [-0.15, -0.1) is 0 Å². The van der Waals surface area contributed by atoms with E-state index in [1.807, 2.05) is 6.92 Å². The molecule has 0 amide bonds. The maximum atomic E-state index is 12.3. The van der Waals surface area contributed by atoms with Crippen molar-refractivity contribution < 1.29 is 13.2 Å². The topological polar surface area (TPSA) is 55.4 Å². The van der Waals surface area contributed by atoms with Crippen molar-refractivity contribution in [2.45, 2.75) is 38.0 Å². The number of benzene rings is 2. The van der Waals surface area contributed by atoms with Gasteiger partial charge in [-0.3, -0.25) is 4.72 Å². The molecule has 0 heterocycles. The summed E-state index contributed by atoms with van der Waals surface area (Å²) in [6.45, 7) is 4.75. The molecule has 0 unspecified atom stereocenters. The molecule has 2 aromatic carbocycles. The minimum Gasteiger partial charge on any atom is -0.494 e. The minimum absolute atomic E-state index is 0.253. The summed E-state index contributed by atoms with van der Waals surface area (Å²) in [5.74, 6) is 0.749. The molecule has 0 aliphatic rings. The fourth-order valence-electron chi connectivity index (χ4n) is 2.09. The summed E-state index contributed by atoms with van der Waals surface area (Å²) < 4.78 is 32.8. The van der Waals surface area contributed by atoms with Crippen LogP contribution in [0.15, 0.2) is 53.4 Å². The number of unbranched alkanes of at least 4 members (excludes halogenated alkanes) is 2. The van der Waals surface area contributed by atoms with E-state index in [-0.39, 0.29) is 4.90 Å². The Morgan fingerprint density at radius 1 is 0.957 bits per heavy atom. The summed E-state index contributed by atoms with van der Waals surface area (Å²) >= 11 is 0. The molecular formula is C18H23NO3S. The summed E-state index contributed by atoms with van der Waals surface area (Å²) in [7, 11) is -3.56. The lowest BCUT2D eigenvalue weighted by Crippen LogP contribution is -2.12. The van der Waals surface area contributed by atoms with Crippen LogP contribution >= 0.6 is 0 Å². The van der Waals surface area contributed by atoms with E-state index in [1.54, 1.807) is 48.5 Å². The van der Waals surface area contributed by atoms with Gasteiger partial charge in [0.05, 0.1) is 11.5 Å². The fourth-order valence-corrected chi connectivity index (χ4v) is 3.15. The van der Waals surface area contributed by atoms with E-state index < -0.39 is 10.0 Å². The second-order valence-corrected chi connectivity index (χ2v) is 7.18. The van der Waals surface area contributed by atoms with Crippen molar-refractivity contribution in [1.29, 1.82) is 0 Å². The Hall–Kier alpha value is -2.01. The van der Waals surface area contributed by atoms with Crippen LogP contribution < -0.4 is 9.46 Å². The standard InChI is InChI=1S/C18H23NO3S/c1-3-4-5-14-22-17-10-8-16(9-11-17)19-23(20,21)18-12-6-15(2)7-13-18/h6-13,19H,3-5,14H2,1-2H3. The molecule has 2 rings (SSSR count). The van der Waals surface area contributed by atoms with Crippen molar-refractivity contribution in [3.63, 3.8) is 0 Å². The van der Waals surface area contributed by atoms with E-state index in [2.05, 4.69) is 11.6 Å². The van der Waals surface area contributed by atoms with Gasteiger partial charge in [0.25, 0.3) is 10.0 Å². The Morgan fingerprint density at radius 2 is 1.61 bits per heavy atom. The highest BCUT2D eigenvalue weighted by Gasteiger charge is 2.13. The molecule has 0 saturated heterocycles. The quantitative estimate of drug-likeness (QED) is 0.730. The van der Waals surface area contributed by atoms with Crippen LogP contribution in [0.25, 0.3) is 0 Å². The number of rotatable bonds is 8. The fraction of sp³-hybridized carbons (Fsp3) is 0.333. The Bertz CT molecular complexity index is 707. The first-order valence-corrected chi connectivity index (χ1v) is 9.32. The molecule has 1 N–H and O–H groups in total. The number of nitrogens with one attached hydrogen (secondary N) is 1. The first-order valence-electron chi connectivity index (χ1n) is 7.83. The molecule has 4 nitrogen and oxygen atoms in total. The van der Waals surface area contributed by atoms with Crippen LogP contribution in [0.5, 0.6) is 5.75 Å². The number of sulfonamides is 1. The number of hydrogen-bond acceptors (Lipinski definition) is 3. The third-order valence-corrected chi connectivity index (χ3v) is 4.85. The van der Waals surface area contributed by atoms with Crippen molar-refractivity contribution in [1.82, 2.24) is 0 Å². The number of ether oxygens (including phenoxy) is 1. The second kappa shape index (κ2) is 8.02. The molecule has 0 spiro atoms. The van der Waals surface area contributed by atoms with Gasteiger partial charge in [0.15, 0.2) is 0 Å². The van der Waals surface area contributed by atoms with Crippen molar-refractivity contribution in [2.24, 2.45) is 0 Å². The van der Waals surface area contributed by atoms with Crippen molar-refractivity contribution >= 4 is 15.7 Å². The van der Waals surface area contributed by atoms with E-state index in [0.717, 1.165) is 30.6 Å². The number of anilines is 1. The molecule has 5 heteroatoms. The van der Waals surface area contributed by atoms with Gasteiger partial charge < -0.3 is 4.74 Å². The largest absolute Gasteiger partial charge is 0.494 e. The summed E-state index contributed by atoms with van der Waals surface area (Å²) in [4.78, 5) is 0.253. The number of hydrogen-bond donors (Lipinski definition) is 1. The molecule has 0 aliphatic heterocycles. The first kappa shape index (κ1) is 17.3. The van der Waals surface area contributed by atoms with E-state index in [0.29, 0.717) is 12.3 Å². The SMILES string of the molecule is CCCCCOc1ccc(NS(=O)(=O)c2ccc(C)cc2)cc1. The average Bonchev–Trinajstić information content (AvgIpc) is 2.53. The minimum atomic E-state index is -3.56. The zero-order valence-electron chi connectivity index (χ0n) is 13.6. The normalized spacial score (nSPS) is 11.2. The smallest absolute Gasteiger partial charge is 0.261 e. The van der Waals surface area contributed by atoms with Gasteiger partial charge in [-0.05, 0) is 49.7 Å². The Kier molecular flexibility index (Phi) is 6.04. The van der Waals surface area contributed by atoms with Gasteiger partial charge >= 0.3 is 0 Å². The predicted octanol–water partition coefficient (Wildman–Crippen LogP) is 4.36. The van der Waals surface area contributed by atoms with E-state index >= 15 is 0 Å². The summed E-state index contributed by atoms with van der Waals surface area (Å²) in [5.41, 5.74) is 1.54. The zero-order chi connectivity index (χ0) is 16.7.